The number of ether oxygens (including phenoxy) is 3. The van der Waals surface area contributed by atoms with Crippen LogP contribution in [0.4, 0.5) is 5.69 Å². The van der Waals surface area contributed by atoms with E-state index in [0.717, 1.165) is 22.8 Å². The van der Waals surface area contributed by atoms with Gasteiger partial charge < -0.3 is 23.9 Å². The van der Waals surface area contributed by atoms with Crippen LogP contribution in [0.3, 0.4) is 0 Å². The second-order valence-electron chi connectivity index (χ2n) is 6.11. The fourth-order valence-corrected chi connectivity index (χ4v) is 2.86. The molecule has 2 aromatic carbocycles. The maximum atomic E-state index is 12.2. The van der Waals surface area contributed by atoms with Crippen LogP contribution < -0.4 is 19.5 Å². The molecule has 0 saturated carbocycles. The van der Waals surface area contributed by atoms with Gasteiger partial charge in [0.15, 0.2) is 11.5 Å². The number of anilines is 1. The van der Waals surface area contributed by atoms with Gasteiger partial charge in [0.1, 0.15) is 17.3 Å². The summed E-state index contributed by atoms with van der Waals surface area (Å²) in [7, 11) is 1.63. The zero-order valence-corrected chi connectivity index (χ0v) is 14.9. The van der Waals surface area contributed by atoms with Crippen molar-refractivity contribution in [2.24, 2.45) is 0 Å². The molecule has 0 unspecified atom stereocenters. The highest BCUT2D eigenvalue weighted by atomic mass is 16.7. The number of nitrogens with one attached hydrogen (secondary N) is 1. The Labute approximate surface area is 156 Å². The van der Waals surface area contributed by atoms with Gasteiger partial charge in [-0.25, -0.2) is 0 Å². The number of fused-ring (bicyclic) bond motifs is 1. The van der Waals surface area contributed by atoms with Crippen molar-refractivity contribution in [1.29, 1.82) is 0 Å². The molecule has 0 spiro atoms. The SMILES string of the molecule is COc1ccc(-c2ccc(CCC(=O)Nc3ccc4c(c3)OCO4)o2)cc1. The van der Waals surface area contributed by atoms with Crippen molar-refractivity contribution in [2.75, 3.05) is 19.2 Å². The van der Waals surface area contributed by atoms with Crippen molar-refractivity contribution in [3.8, 4) is 28.6 Å². The molecule has 1 aliphatic rings. The maximum Gasteiger partial charge on any atom is 0.231 e. The summed E-state index contributed by atoms with van der Waals surface area (Å²) in [6, 6.07) is 16.8. The monoisotopic (exact) mass is 365 g/mol. The summed E-state index contributed by atoms with van der Waals surface area (Å²) in [5.74, 6) is 3.57. The van der Waals surface area contributed by atoms with Crippen molar-refractivity contribution in [3.63, 3.8) is 0 Å². The molecular formula is C21H19NO5. The lowest BCUT2D eigenvalue weighted by Crippen LogP contribution is -2.12. The Morgan fingerprint density at radius 3 is 2.67 bits per heavy atom. The van der Waals surface area contributed by atoms with Gasteiger partial charge in [-0.2, -0.15) is 0 Å². The third-order valence-corrected chi connectivity index (χ3v) is 4.29. The van der Waals surface area contributed by atoms with Gasteiger partial charge in [0, 0.05) is 30.2 Å². The van der Waals surface area contributed by atoms with Crippen molar-refractivity contribution < 1.29 is 23.4 Å². The highest BCUT2D eigenvalue weighted by Crippen LogP contribution is 2.34. The van der Waals surface area contributed by atoms with Crippen molar-refractivity contribution in [2.45, 2.75) is 12.8 Å². The van der Waals surface area contributed by atoms with Crippen LogP contribution in [0.5, 0.6) is 17.2 Å². The Morgan fingerprint density at radius 2 is 1.85 bits per heavy atom. The fourth-order valence-electron chi connectivity index (χ4n) is 2.86. The number of carbonyl (C=O) groups is 1. The minimum Gasteiger partial charge on any atom is -0.497 e. The first-order chi connectivity index (χ1) is 13.2. The van der Waals surface area contributed by atoms with Gasteiger partial charge in [-0.05, 0) is 48.5 Å². The van der Waals surface area contributed by atoms with E-state index >= 15 is 0 Å². The number of furan rings is 1. The number of carbonyl (C=O) groups excluding carboxylic acids is 1. The van der Waals surface area contributed by atoms with Gasteiger partial charge in [-0.15, -0.1) is 0 Å². The molecule has 0 bridgehead atoms. The normalized spacial score (nSPS) is 12.0. The second-order valence-corrected chi connectivity index (χ2v) is 6.11. The van der Waals surface area contributed by atoms with E-state index in [2.05, 4.69) is 5.32 Å². The average Bonchev–Trinajstić information content (AvgIpc) is 3.35. The Bertz CT molecular complexity index is 945. The molecule has 3 aromatic rings. The predicted octanol–water partition coefficient (Wildman–Crippen LogP) is 4.26. The summed E-state index contributed by atoms with van der Waals surface area (Å²) >= 11 is 0. The number of benzene rings is 2. The number of aryl methyl sites for hydroxylation is 1. The van der Waals surface area contributed by atoms with E-state index in [1.807, 2.05) is 36.4 Å². The summed E-state index contributed by atoms with van der Waals surface area (Å²) < 4.78 is 21.6. The van der Waals surface area contributed by atoms with Crippen LogP contribution in [-0.2, 0) is 11.2 Å². The summed E-state index contributed by atoms with van der Waals surface area (Å²) in [5, 5.41) is 2.86. The topological polar surface area (TPSA) is 69.9 Å². The maximum absolute atomic E-state index is 12.2. The summed E-state index contributed by atoms with van der Waals surface area (Å²) in [6.07, 6.45) is 0.844. The first kappa shape index (κ1) is 17.0. The third kappa shape index (κ3) is 3.89. The summed E-state index contributed by atoms with van der Waals surface area (Å²) in [5.41, 5.74) is 1.65. The number of rotatable bonds is 6. The highest BCUT2D eigenvalue weighted by molar-refractivity contribution is 5.91. The second kappa shape index (κ2) is 7.45. The number of methoxy groups -OCH3 is 1. The molecule has 138 valence electrons. The van der Waals surface area contributed by atoms with Gasteiger partial charge in [-0.1, -0.05) is 0 Å². The minimum absolute atomic E-state index is 0.0868. The van der Waals surface area contributed by atoms with Crippen molar-refractivity contribution in [3.05, 3.63) is 60.4 Å². The van der Waals surface area contributed by atoms with E-state index in [-0.39, 0.29) is 12.7 Å². The lowest BCUT2D eigenvalue weighted by molar-refractivity contribution is -0.116. The Morgan fingerprint density at radius 1 is 1.04 bits per heavy atom. The van der Waals surface area contributed by atoms with E-state index in [9.17, 15) is 4.79 Å². The molecule has 0 saturated heterocycles. The van der Waals surface area contributed by atoms with E-state index in [1.165, 1.54) is 0 Å². The smallest absolute Gasteiger partial charge is 0.231 e. The van der Waals surface area contributed by atoms with Crippen molar-refractivity contribution >= 4 is 11.6 Å². The van der Waals surface area contributed by atoms with E-state index in [0.29, 0.717) is 30.0 Å². The first-order valence-electron chi connectivity index (χ1n) is 8.64. The molecule has 0 aliphatic carbocycles. The van der Waals surface area contributed by atoms with Crippen molar-refractivity contribution in [1.82, 2.24) is 0 Å². The third-order valence-electron chi connectivity index (χ3n) is 4.29. The van der Waals surface area contributed by atoms with E-state index in [4.69, 9.17) is 18.6 Å². The van der Waals surface area contributed by atoms with E-state index in [1.54, 1.807) is 25.3 Å². The van der Waals surface area contributed by atoms with Crippen LogP contribution in [0.25, 0.3) is 11.3 Å². The first-order valence-corrected chi connectivity index (χ1v) is 8.64. The van der Waals surface area contributed by atoms with E-state index < -0.39 is 0 Å². The molecule has 0 radical (unpaired) electrons. The van der Waals surface area contributed by atoms with Crippen LogP contribution in [0.1, 0.15) is 12.2 Å². The lowest BCUT2D eigenvalue weighted by Gasteiger charge is -2.05. The molecule has 0 fully saturated rings. The number of hydrogen-bond acceptors (Lipinski definition) is 5. The molecule has 27 heavy (non-hydrogen) atoms. The number of hydrogen-bond donors (Lipinski definition) is 1. The zero-order valence-electron chi connectivity index (χ0n) is 14.9. The fraction of sp³-hybridized carbons (Fsp3) is 0.190. The average molecular weight is 365 g/mol. The lowest BCUT2D eigenvalue weighted by atomic mass is 10.2. The van der Waals surface area contributed by atoms with Crippen LogP contribution >= 0.6 is 0 Å². The van der Waals surface area contributed by atoms with Gasteiger partial charge >= 0.3 is 0 Å². The van der Waals surface area contributed by atoms with Crippen LogP contribution in [0.15, 0.2) is 59.0 Å². The quantitative estimate of drug-likeness (QED) is 0.707. The molecule has 1 aromatic heterocycles. The molecule has 2 heterocycles. The van der Waals surface area contributed by atoms with Crippen LogP contribution in [0.2, 0.25) is 0 Å². The molecule has 0 atom stereocenters. The Hall–Kier alpha value is -3.41. The Balaban J connectivity index is 1.33. The van der Waals surface area contributed by atoms with Gasteiger partial charge in [-0.3, -0.25) is 4.79 Å². The molecule has 1 N–H and O–H groups in total. The molecule has 1 aliphatic heterocycles. The zero-order chi connectivity index (χ0) is 18.6. The largest absolute Gasteiger partial charge is 0.497 e. The van der Waals surface area contributed by atoms with Crippen LogP contribution in [0, 0.1) is 0 Å². The molecule has 6 heteroatoms. The summed E-state index contributed by atoms with van der Waals surface area (Å²) in [6.45, 7) is 0.210. The highest BCUT2D eigenvalue weighted by Gasteiger charge is 2.14. The predicted molar refractivity (Wildman–Crippen MR) is 100 cm³/mol. The van der Waals surface area contributed by atoms with Gasteiger partial charge in [0.25, 0.3) is 0 Å². The standard InChI is InChI=1S/C21H19NO5/c1-24-16-5-2-14(3-6-16)18-10-7-17(27-18)8-11-21(23)22-15-4-9-19-20(12-15)26-13-25-19/h2-7,9-10,12H,8,11,13H2,1H3,(H,22,23). The Kier molecular flexibility index (Phi) is 4.70. The molecule has 1 amide bonds. The molecular weight excluding hydrogens is 346 g/mol. The van der Waals surface area contributed by atoms with Gasteiger partial charge in [0.05, 0.1) is 7.11 Å². The van der Waals surface area contributed by atoms with Gasteiger partial charge in [0.2, 0.25) is 12.7 Å². The molecule has 6 nitrogen and oxygen atoms in total. The van der Waals surface area contributed by atoms with Crippen LogP contribution in [-0.4, -0.2) is 19.8 Å². The molecule has 4 rings (SSSR count). The minimum atomic E-state index is -0.0868. The summed E-state index contributed by atoms with van der Waals surface area (Å²) in [4.78, 5) is 12.2. The number of amides is 1.